The normalized spacial score (nSPS) is 17.6. The Balaban J connectivity index is 2.14. The van der Waals surface area contributed by atoms with Crippen LogP contribution in [-0.4, -0.2) is 5.97 Å². The summed E-state index contributed by atoms with van der Waals surface area (Å²) in [5.74, 6) is 0.685. The highest BCUT2D eigenvalue weighted by Gasteiger charge is 2.29. The third-order valence-corrected chi connectivity index (χ3v) is 3.92. The summed E-state index contributed by atoms with van der Waals surface area (Å²) in [7, 11) is 0. The molecule has 1 heterocycles. The average molecular weight is 266 g/mol. The summed E-state index contributed by atoms with van der Waals surface area (Å²) in [5.41, 5.74) is 5.88. The summed E-state index contributed by atoms with van der Waals surface area (Å²) < 4.78 is 5.43. The minimum atomic E-state index is -0.145. The Morgan fingerprint density at radius 3 is 2.40 bits per heavy atom. The number of carbonyl (C=O) groups is 1. The molecule has 1 aliphatic heterocycles. The van der Waals surface area contributed by atoms with E-state index in [1.807, 2.05) is 13.0 Å². The van der Waals surface area contributed by atoms with Gasteiger partial charge < -0.3 is 4.74 Å². The summed E-state index contributed by atoms with van der Waals surface area (Å²) >= 11 is 0. The van der Waals surface area contributed by atoms with Gasteiger partial charge in [0.1, 0.15) is 5.75 Å². The monoisotopic (exact) mass is 266 g/mol. The molecule has 2 heteroatoms. The number of hydrogen-bond donors (Lipinski definition) is 0. The van der Waals surface area contributed by atoms with Crippen LogP contribution >= 0.6 is 0 Å². The Morgan fingerprint density at radius 2 is 1.70 bits per heavy atom. The molecular weight excluding hydrogens is 248 g/mol. The van der Waals surface area contributed by atoms with Crippen molar-refractivity contribution in [2.45, 2.75) is 33.1 Å². The molecule has 0 saturated heterocycles. The summed E-state index contributed by atoms with van der Waals surface area (Å²) in [6, 6.07) is 12.5. The maximum absolute atomic E-state index is 11.9. The molecule has 0 amide bonds. The second-order valence-corrected chi connectivity index (χ2v) is 5.64. The van der Waals surface area contributed by atoms with E-state index >= 15 is 0 Å². The van der Waals surface area contributed by atoms with Gasteiger partial charge in [-0.3, -0.25) is 4.79 Å². The van der Waals surface area contributed by atoms with Gasteiger partial charge >= 0.3 is 5.97 Å². The van der Waals surface area contributed by atoms with Crippen LogP contribution in [0, 0.1) is 20.8 Å². The average Bonchev–Trinajstić information content (AvgIpc) is 2.37. The van der Waals surface area contributed by atoms with Crippen molar-refractivity contribution in [3.05, 3.63) is 64.2 Å². The third-order valence-electron chi connectivity index (χ3n) is 3.92. The maximum atomic E-state index is 11.9. The summed E-state index contributed by atoms with van der Waals surface area (Å²) in [5, 5.41) is 0. The van der Waals surface area contributed by atoms with E-state index in [9.17, 15) is 4.79 Å². The predicted molar refractivity (Wildman–Crippen MR) is 79.2 cm³/mol. The van der Waals surface area contributed by atoms with Crippen molar-refractivity contribution < 1.29 is 9.53 Å². The van der Waals surface area contributed by atoms with E-state index in [0.717, 1.165) is 16.9 Å². The fourth-order valence-electron chi connectivity index (χ4n) is 2.99. The first kappa shape index (κ1) is 12.9. The van der Waals surface area contributed by atoms with E-state index in [2.05, 4.69) is 44.2 Å². The molecule has 0 radical (unpaired) electrons. The van der Waals surface area contributed by atoms with Gasteiger partial charge in [0, 0.05) is 11.5 Å². The number of hydrogen-bond acceptors (Lipinski definition) is 2. The first-order valence-electron chi connectivity index (χ1n) is 6.93. The molecule has 0 unspecified atom stereocenters. The van der Waals surface area contributed by atoms with Crippen LogP contribution in [-0.2, 0) is 4.79 Å². The Morgan fingerprint density at radius 1 is 1.00 bits per heavy atom. The SMILES string of the molecule is Cc1ccc([C@@H]2CC(=O)Oc3cc(C)cc(C)c32)cc1. The van der Waals surface area contributed by atoms with Gasteiger partial charge in [-0.1, -0.05) is 35.9 Å². The molecule has 0 spiro atoms. The van der Waals surface area contributed by atoms with Gasteiger partial charge in [0.2, 0.25) is 0 Å². The van der Waals surface area contributed by atoms with Gasteiger partial charge in [0.05, 0.1) is 6.42 Å². The van der Waals surface area contributed by atoms with Crippen LogP contribution in [0.5, 0.6) is 5.75 Å². The van der Waals surface area contributed by atoms with Gasteiger partial charge in [-0.15, -0.1) is 0 Å². The molecule has 0 saturated carbocycles. The predicted octanol–water partition coefficient (Wildman–Crippen LogP) is 4.05. The Hall–Kier alpha value is -2.09. The lowest BCUT2D eigenvalue weighted by molar-refractivity contribution is -0.135. The van der Waals surface area contributed by atoms with Crippen LogP contribution in [0.1, 0.15) is 40.2 Å². The maximum Gasteiger partial charge on any atom is 0.312 e. The molecule has 1 aliphatic rings. The summed E-state index contributed by atoms with van der Waals surface area (Å²) in [4.78, 5) is 11.9. The van der Waals surface area contributed by atoms with Crippen LogP contribution in [0.3, 0.4) is 0 Å². The van der Waals surface area contributed by atoms with E-state index in [1.54, 1.807) is 0 Å². The lowest BCUT2D eigenvalue weighted by atomic mass is 9.83. The minimum absolute atomic E-state index is 0.104. The number of aryl methyl sites for hydroxylation is 3. The molecule has 102 valence electrons. The molecule has 0 N–H and O–H groups in total. The molecule has 2 aromatic carbocycles. The number of ether oxygens (including phenoxy) is 1. The van der Waals surface area contributed by atoms with Crippen molar-refractivity contribution in [3.63, 3.8) is 0 Å². The van der Waals surface area contributed by atoms with Crippen molar-refractivity contribution in [3.8, 4) is 5.75 Å². The van der Waals surface area contributed by atoms with Crippen LogP contribution in [0.2, 0.25) is 0 Å². The van der Waals surface area contributed by atoms with Crippen molar-refractivity contribution in [2.75, 3.05) is 0 Å². The first-order valence-corrected chi connectivity index (χ1v) is 6.93. The fraction of sp³-hybridized carbons (Fsp3) is 0.278. The standard InChI is InChI=1S/C18H18O2/c1-11-4-6-14(7-5-11)15-10-17(19)20-16-9-12(2)8-13(3)18(15)16/h4-9,15H,10H2,1-3H3/t15-/m0/s1. The van der Waals surface area contributed by atoms with Gasteiger partial charge in [0.25, 0.3) is 0 Å². The second kappa shape index (κ2) is 4.78. The highest BCUT2D eigenvalue weighted by Crippen LogP contribution is 2.41. The Bertz CT molecular complexity index is 669. The third kappa shape index (κ3) is 2.22. The van der Waals surface area contributed by atoms with E-state index in [1.165, 1.54) is 16.7 Å². The smallest absolute Gasteiger partial charge is 0.312 e. The van der Waals surface area contributed by atoms with Crippen LogP contribution in [0.4, 0.5) is 0 Å². The molecule has 20 heavy (non-hydrogen) atoms. The molecule has 2 nitrogen and oxygen atoms in total. The number of carbonyl (C=O) groups excluding carboxylic acids is 1. The van der Waals surface area contributed by atoms with Gasteiger partial charge in [-0.2, -0.15) is 0 Å². The van der Waals surface area contributed by atoms with Gasteiger partial charge in [-0.05, 0) is 43.5 Å². The summed E-state index contributed by atoms with van der Waals surface area (Å²) in [6.45, 7) is 6.18. The van der Waals surface area contributed by atoms with Crippen molar-refractivity contribution in [1.82, 2.24) is 0 Å². The fourth-order valence-corrected chi connectivity index (χ4v) is 2.99. The largest absolute Gasteiger partial charge is 0.426 e. The zero-order chi connectivity index (χ0) is 14.3. The molecule has 3 rings (SSSR count). The lowest BCUT2D eigenvalue weighted by Crippen LogP contribution is -2.22. The molecular formula is C18H18O2. The number of fused-ring (bicyclic) bond motifs is 1. The molecule has 2 aromatic rings. The second-order valence-electron chi connectivity index (χ2n) is 5.64. The highest BCUT2D eigenvalue weighted by molar-refractivity contribution is 5.78. The quantitative estimate of drug-likeness (QED) is 0.575. The zero-order valence-corrected chi connectivity index (χ0v) is 12.1. The van der Waals surface area contributed by atoms with E-state index < -0.39 is 0 Å². The zero-order valence-electron chi connectivity index (χ0n) is 12.1. The molecule has 0 fully saturated rings. The number of esters is 1. The van der Waals surface area contributed by atoms with Crippen LogP contribution < -0.4 is 4.74 Å². The number of benzene rings is 2. The highest BCUT2D eigenvalue weighted by atomic mass is 16.5. The topological polar surface area (TPSA) is 26.3 Å². The molecule has 0 bridgehead atoms. The first-order chi connectivity index (χ1) is 9.54. The van der Waals surface area contributed by atoms with Crippen LogP contribution in [0.15, 0.2) is 36.4 Å². The van der Waals surface area contributed by atoms with Crippen molar-refractivity contribution in [1.29, 1.82) is 0 Å². The summed E-state index contributed by atoms with van der Waals surface area (Å²) in [6.07, 6.45) is 0.417. The number of rotatable bonds is 1. The van der Waals surface area contributed by atoms with Gasteiger partial charge in [-0.25, -0.2) is 0 Å². The van der Waals surface area contributed by atoms with Crippen molar-refractivity contribution >= 4 is 5.97 Å². The lowest BCUT2D eigenvalue weighted by Gasteiger charge is -2.27. The van der Waals surface area contributed by atoms with Gasteiger partial charge in [0.15, 0.2) is 0 Å². The van der Waals surface area contributed by atoms with Crippen molar-refractivity contribution in [2.24, 2.45) is 0 Å². The molecule has 0 aliphatic carbocycles. The Labute approximate surface area is 119 Å². The molecule has 0 aromatic heterocycles. The Kier molecular flexibility index (Phi) is 3.09. The minimum Gasteiger partial charge on any atom is -0.426 e. The van der Waals surface area contributed by atoms with E-state index in [4.69, 9.17) is 4.74 Å². The van der Waals surface area contributed by atoms with E-state index in [-0.39, 0.29) is 11.9 Å². The van der Waals surface area contributed by atoms with E-state index in [0.29, 0.717) is 6.42 Å². The molecule has 1 atom stereocenters. The van der Waals surface area contributed by atoms with Crippen LogP contribution in [0.25, 0.3) is 0 Å².